The summed E-state index contributed by atoms with van der Waals surface area (Å²) in [6.07, 6.45) is 6.80. The van der Waals surface area contributed by atoms with E-state index in [0.29, 0.717) is 5.92 Å². The Morgan fingerprint density at radius 2 is 1.79 bits per heavy atom. The second-order valence-corrected chi connectivity index (χ2v) is 5.38. The molecule has 0 nitrogen and oxygen atoms in total. The second-order valence-electron chi connectivity index (χ2n) is 5.38. The van der Waals surface area contributed by atoms with E-state index in [9.17, 15) is 0 Å². The Kier molecular flexibility index (Phi) is 3.25. The SMILES string of the molecule is CCC(C)c1ccccc1-c1cccc2c1C=CC2. The fourth-order valence-corrected chi connectivity index (χ4v) is 2.92. The van der Waals surface area contributed by atoms with E-state index >= 15 is 0 Å². The van der Waals surface area contributed by atoms with Crippen LogP contribution in [0, 0.1) is 0 Å². The van der Waals surface area contributed by atoms with Crippen molar-refractivity contribution >= 4 is 6.08 Å². The fourth-order valence-electron chi connectivity index (χ4n) is 2.92. The molecular formula is C19H20. The highest BCUT2D eigenvalue weighted by Gasteiger charge is 2.15. The molecule has 1 atom stereocenters. The van der Waals surface area contributed by atoms with Gasteiger partial charge in [0.2, 0.25) is 0 Å². The normalized spacial score (nSPS) is 14.4. The van der Waals surface area contributed by atoms with Gasteiger partial charge in [-0.3, -0.25) is 0 Å². The molecule has 1 aliphatic carbocycles. The average molecular weight is 248 g/mol. The van der Waals surface area contributed by atoms with Crippen molar-refractivity contribution in [1.29, 1.82) is 0 Å². The molecule has 1 aliphatic rings. The van der Waals surface area contributed by atoms with Gasteiger partial charge < -0.3 is 0 Å². The zero-order valence-electron chi connectivity index (χ0n) is 11.7. The maximum atomic E-state index is 2.32. The third kappa shape index (κ3) is 2.12. The first-order valence-electron chi connectivity index (χ1n) is 7.19. The molecule has 3 rings (SSSR count). The molecule has 0 amide bonds. The molecule has 0 fully saturated rings. The zero-order chi connectivity index (χ0) is 13.2. The van der Waals surface area contributed by atoms with E-state index in [1.165, 1.54) is 34.2 Å². The summed E-state index contributed by atoms with van der Waals surface area (Å²) in [6, 6.07) is 15.5. The summed E-state index contributed by atoms with van der Waals surface area (Å²) in [5.74, 6) is 0.609. The van der Waals surface area contributed by atoms with Crippen molar-refractivity contribution in [3.05, 3.63) is 65.2 Å². The standard InChI is InChI=1S/C19H20/c1-3-14(2)16-10-4-5-11-18(16)19-13-7-9-15-8-6-12-17(15)19/h4-7,9-14H,3,8H2,1-2H3. The van der Waals surface area contributed by atoms with Crippen molar-refractivity contribution in [2.45, 2.75) is 32.6 Å². The van der Waals surface area contributed by atoms with Gasteiger partial charge in [0.25, 0.3) is 0 Å². The van der Waals surface area contributed by atoms with Gasteiger partial charge in [-0.15, -0.1) is 0 Å². The number of allylic oxidation sites excluding steroid dienone is 1. The predicted octanol–water partition coefficient (Wildman–Crippen LogP) is 5.44. The van der Waals surface area contributed by atoms with Crippen LogP contribution >= 0.6 is 0 Å². The Bertz CT molecular complexity index is 620. The first-order chi connectivity index (χ1) is 9.31. The summed E-state index contributed by atoms with van der Waals surface area (Å²) in [5.41, 5.74) is 7.14. The highest BCUT2D eigenvalue weighted by atomic mass is 14.2. The molecule has 0 bridgehead atoms. The molecule has 96 valence electrons. The van der Waals surface area contributed by atoms with E-state index in [-0.39, 0.29) is 0 Å². The average Bonchev–Trinajstić information content (AvgIpc) is 2.94. The molecular weight excluding hydrogens is 228 g/mol. The van der Waals surface area contributed by atoms with E-state index in [0.717, 1.165) is 6.42 Å². The number of hydrogen-bond donors (Lipinski definition) is 0. The fraction of sp³-hybridized carbons (Fsp3) is 0.263. The first kappa shape index (κ1) is 12.2. The monoisotopic (exact) mass is 248 g/mol. The van der Waals surface area contributed by atoms with Crippen molar-refractivity contribution in [2.75, 3.05) is 0 Å². The maximum Gasteiger partial charge on any atom is -0.00879 e. The van der Waals surface area contributed by atoms with Crippen LogP contribution in [-0.2, 0) is 6.42 Å². The molecule has 2 aromatic rings. The van der Waals surface area contributed by atoms with E-state index in [2.05, 4.69) is 68.5 Å². The summed E-state index contributed by atoms with van der Waals surface area (Å²) in [4.78, 5) is 0. The third-order valence-corrected chi connectivity index (χ3v) is 4.21. The van der Waals surface area contributed by atoms with Crippen molar-refractivity contribution in [1.82, 2.24) is 0 Å². The van der Waals surface area contributed by atoms with Crippen molar-refractivity contribution in [3.8, 4) is 11.1 Å². The molecule has 0 heterocycles. The van der Waals surface area contributed by atoms with Crippen LogP contribution in [0.5, 0.6) is 0 Å². The summed E-state index contributed by atoms with van der Waals surface area (Å²) in [7, 11) is 0. The van der Waals surface area contributed by atoms with Crippen LogP contribution in [0.15, 0.2) is 48.5 Å². The van der Waals surface area contributed by atoms with Crippen LogP contribution < -0.4 is 0 Å². The van der Waals surface area contributed by atoms with Crippen LogP contribution in [0.3, 0.4) is 0 Å². The van der Waals surface area contributed by atoms with E-state index in [4.69, 9.17) is 0 Å². The van der Waals surface area contributed by atoms with Gasteiger partial charge in [-0.1, -0.05) is 68.5 Å². The quantitative estimate of drug-likeness (QED) is 0.678. The number of fused-ring (bicyclic) bond motifs is 1. The molecule has 0 aliphatic heterocycles. The lowest BCUT2D eigenvalue weighted by Crippen LogP contribution is -1.96. The van der Waals surface area contributed by atoms with E-state index in [1.807, 2.05) is 0 Å². The van der Waals surface area contributed by atoms with Crippen LogP contribution in [0.1, 0.15) is 42.9 Å². The van der Waals surface area contributed by atoms with Crippen molar-refractivity contribution in [2.24, 2.45) is 0 Å². The van der Waals surface area contributed by atoms with Crippen LogP contribution in [-0.4, -0.2) is 0 Å². The molecule has 2 aromatic carbocycles. The molecule has 0 saturated heterocycles. The summed E-state index contributed by atoms with van der Waals surface area (Å²) in [5, 5.41) is 0. The van der Waals surface area contributed by atoms with Gasteiger partial charge in [0, 0.05) is 0 Å². The Balaban J connectivity index is 2.18. The first-order valence-corrected chi connectivity index (χ1v) is 7.19. The molecule has 0 heteroatoms. The molecule has 0 spiro atoms. The van der Waals surface area contributed by atoms with E-state index < -0.39 is 0 Å². The summed E-state index contributed by atoms with van der Waals surface area (Å²) < 4.78 is 0. The van der Waals surface area contributed by atoms with Crippen molar-refractivity contribution < 1.29 is 0 Å². The smallest absolute Gasteiger partial charge is 0.00879 e. The molecule has 19 heavy (non-hydrogen) atoms. The lowest BCUT2D eigenvalue weighted by molar-refractivity contribution is 0.735. The predicted molar refractivity (Wildman–Crippen MR) is 83.3 cm³/mol. The van der Waals surface area contributed by atoms with Gasteiger partial charge in [0.05, 0.1) is 0 Å². The Morgan fingerprint density at radius 1 is 1.00 bits per heavy atom. The third-order valence-electron chi connectivity index (χ3n) is 4.21. The molecule has 0 N–H and O–H groups in total. The van der Waals surface area contributed by atoms with Gasteiger partial charge in [0.1, 0.15) is 0 Å². The topological polar surface area (TPSA) is 0 Å². The number of rotatable bonds is 3. The van der Waals surface area contributed by atoms with Gasteiger partial charge >= 0.3 is 0 Å². The summed E-state index contributed by atoms with van der Waals surface area (Å²) in [6.45, 7) is 4.58. The second kappa shape index (κ2) is 5.05. The highest BCUT2D eigenvalue weighted by molar-refractivity contribution is 5.81. The zero-order valence-corrected chi connectivity index (χ0v) is 11.7. The molecule has 0 aromatic heterocycles. The van der Waals surface area contributed by atoms with Crippen molar-refractivity contribution in [3.63, 3.8) is 0 Å². The van der Waals surface area contributed by atoms with Gasteiger partial charge in [-0.2, -0.15) is 0 Å². The van der Waals surface area contributed by atoms with Gasteiger partial charge in [-0.25, -0.2) is 0 Å². The Hall–Kier alpha value is -1.82. The van der Waals surface area contributed by atoms with Gasteiger partial charge in [0.15, 0.2) is 0 Å². The maximum absolute atomic E-state index is 2.32. The minimum atomic E-state index is 0.609. The Morgan fingerprint density at radius 3 is 2.63 bits per heavy atom. The van der Waals surface area contributed by atoms with E-state index in [1.54, 1.807) is 0 Å². The largest absolute Gasteiger partial charge is 0.0795 e. The van der Waals surface area contributed by atoms with Gasteiger partial charge in [-0.05, 0) is 46.6 Å². The Labute approximate surface area is 115 Å². The molecule has 1 unspecified atom stereocenters. The highest BCUT2D eigenvalue weighted by Crippen LogP contribution is 2.36. The minimum absolute atomic E-state index is 0.609. The van der Waals surface area contributed by atoms with Crippen LogP contribution in [0.25, 0.3) is 17.2 Å². The van der Waals surface area contributed by atoms with Crippen LogP contribution in [0.2, 0.25) is 0 Å². The number of benzene rings is 2. The van der Waals surface area contributed by atoms with Crippen LogP contribution in [0.4, 0.5) is 0 Å². The summed E-state index contributed by atoms with van der Waals surface area (Å²) >= 11 is 0. The molecule has 0 saturated carbocycles. The lowest BCUT2D eigenvalue weighted by Gasteiger charge is -2.17. The number of hydrogen-bond acceptors (Lipinski definition) is 0. The molecule has 0 radical (unpaired) electrons. The lowest BCUT2D eigenvalue weighted by atomic mass is 9.87. The minimum Gasteiger partial charge on any atom is -0.0795 e.